The first kappa shape index (κ1) is 20.2. The van der Waals surface area contributed by atoms with E-state index in [9.17, 15) is 9.59 Å². The van der Waals surface area contributed by atoms with Gasteiger partial charge >= 0.3 is 0 Å². The third-order valence-corrected chi connectivity index (χ3v) is 6.98. The second-order valence-electron chi connectivity index (χ2n) is 9.61. The van der Waals surface area contributed by atoms with E-state index in [1.54, 1.807) is 4.90 Å². The third kappa shape index (κ3) is 4.10. The monoisotopic (exact) mass is 421 g/mol. The Morgan fingerprint density at radius 3 is 2.61 bits per heavy atom. The minimum absolute atomic E-state index is 0.0448. The van der Waals surface area contributed by atoms with Crippen molar-refractivity contribution in [3.63, 3.8) is 0 Å². The summed E-state index contributed by atoms with van der Waals surface area (Å²) in [6, 6.07) is 8.13. The molecule has 0 spiro atoms. The molecule has 3 heterocycles. The van der Waals surface area contributed by atoms with Crippen molar-refractivity contribution in [2.75, 3.05) is 24.5 Å². The highest BCUT2D eigenvalue weighted by Crippen LogP contribution is 2.39. The van der Waals surface area contributed by atoms with E-state index >= 15 is 0 Å². The SMILES string of the molecule is CC(C)c1cccc(N2CC(C(=O)N3CCC(c4nc(C5CC5)n[nH]4)CC3)CC2=O)c1. The van der Waals surface area contributed by atoms with Crippen LogP contribution in [0.5, 0.6) is 0 Å². The highest BCUT2D eigenvalue weighted by Gasteiger charge is 2.38. The normalized spacial score (nSPS) is 22.5. The highest BCUT2D eigenvalue weighted by atomic mass is 16.2. The number of rotatable bonds is 5. The van der Waals surface area contributed by atoms with E-state index in [2.05, 4.69) is 36.2 Å². The lowest BCUT2D eigenvalue weighted by Crippen LogP contribution is -2.42. The number of carbonyl (C=O) groups is 2. The number of nitrogens with zero attached hydrogens (tertiary/aromatic N) is 4. The summed E-state index contributed by atoms with van der Waals surface area (Å²) in [5, 5.41) is 7.50. The van der Waals surface area contributed by atoms with Gasteiger partial charge in [-0.1, -0.05) is 26.0 Å². The zero-order valence-corrected chi connectivity index (χ0v) is 18.4. The van der Waals surface area contributed by atoms with Gasteiger partial charge in [-0.25, -0.2) is 4.98 Å². The summed E-state index contributed by atoms with van der Waals surface area (Å²) in [7, 11) is 0. The molecule has 0 bridgehead atoms. The molecule has 1 unspecified atom stereocenters. The minimum Gasteiger partial charge on any atom is -0.342 e. The molecule has 1 aromatic heterocycles. The number of anilines is 1. The molecule has 1 atom stereocenters. The molecule has 3 aliphatic rings. The highest BCUT2D eigenvalue weighted by molar-refractivity contribution is 6.00. The van der Waals surface area contributed by atoms with E-state index in [1.165, 1.54) is 18.4 Å². The van der Waals surface area contributed by atoms with Crippen molar-refractivity contribution in [2.24, 2.45) is 5.92 Å². The second-order valence-corrected chi connectivity index (χ2v) is 9.61. The number of piperidine rings is 1. The number of aromatic amines is 1. The lowest BCUT2D eigenvalue weighted by Gasteiger charge is -2.32. The summed E-state index contributed by atoms with van der Waals surface area (Å²) in [6.07, 6.45) is 4.49. The van der Waals surface area contributed by atoms with Crippen molar-refractivity contribution in [3.8, 4) is 0 Å². The summed E-state index contributed by atoms with van der Waals surface area (Å²) >= 11 is 0. The van der Waals surface area contributed by atoms with Crippen molar-refractivity contribution in [2.45, 2.75) is 63.7 Å². The number of hydrogen-bond donors (Lipinski definition) is 1. The van der Waals surface area contributed by atoms with E-state index in [4.69, 9.17) is 4.98 Å². The smallest absolute Gasteiger partial charge is 0.228 e. The molecule has 2 aromatic rings. The van der Waals surface area contributed by atoms with E-state index in [-0.39, 0.29) is 17.7 Å². The Balaban J connectivity index is 1.19. The van der Waals surface area contributed by atoms with Crippen LogP contribution in [0.3, 0.4) is 0 Å². The lowest BCUT2D eigenvalue weighted by atomic mass is 9.95. The Morgan fingerprint density at radius 1 is 1.13 bits per heavy atom. The fourth-order valence-electron chi connectivity index (χ4n) is 4.80. The number of H-pyrrole nitrogens is 1. The fraction of sp³-hybridized carbons (Fsp3) is 0.583. The van der Waals surface area contributed by atoms with Crippen LogP contribution in [0.2, 0.25) is 0 Å². The third-order valence-electron chi connectivity index (χ3n) is 6.98. The Hall–Kier alpha value is -2.70. The van der Waals surface area contributed by atoms with Gasteiger partial charge in [0.25, 0.3) is 0 Å². The van der Waals surface area contributed by atoms with Gasteiger partial charge in [0.2, 0.25) is 11.8 Å². The van der Waals surface area contributed by atoms with Gasteiger partial charge in [0.1, 0.15) is 5.82 Å². The van der Waals surface area contributed by atoms with Gasteiger partial charge in [-0.2, -0.15) is 5.10 Å². The van der Waals surface area contributed by atoms with Crippen molar-refractivity contribution in [3.05, 3.63) is 41.5 Å². The fourth-order valence-corrected chi connectivity index (χ4v) is 4.80. The molecular formula is C24H31N5O2. The number of likely N-dealkylation sites (tertiary alicyclic amines) is 1. The van der Waals surface area contributed by atoms with Crippen molar-refractivity contribution >= 4 is 17.5 Å². The van der Waals surface area contributed by atoms with Crippen LogP contribution < -0.4 is 4.90 Å². The van der Waals surface area contributed by atoms with Crippen LogP contribution in [-0.4, -0.2) is 51.5 Å². The molecule has 0 radical (unpaired) electrons. The topological polar surface area (TPSA) is 82.2 Å². The van der Waals surface area contributed by atoms with Crippen LogP contribution in [0.4, 0.5) is 5.69 Å². The molecule has 7 heteroatoms. The van der Waals surface area contributed by atoms with Gasteiger partial charge in [-0.15, -0.1) is 0 Å². The Labute approximate surface area is 183 Å². The predicted octanol–water partition coefficient (Wildman–Crippen LogP) is 3.56. The quantitative estimate of drug-likeness (QED) is 0.800. The Morgan fingerprint density at radius 2 is 1.90 bits per heavy atom. The molecular weight excluding hydrogens is 390 g/mol. The zero-order chi connectivity index (χ0) is 21.5. The van der Waals surface area contributed by atoms with E-state index < -0.39 is 0 Å². The van der Waals surface area contributed by atoms with Crippen molar-refractivity contribution in [1.82, 2.24) is 20.1 Å². The van der Waals surface area contributed by atoms with Crippen LogP contribution in [0.1, 0.15) is 80.9 Å². The first-order chi connectivity index (χ1) is 15.0. The Kier molecular flexibility index (Phi) is 5.28. The second kappa shape index (κ2) is 8.09. The number of benzene rings is 1. The van der Waals surface area contributed by atoms with Gasteiger partial charge in [-0.05, 0) is 49.3 Å². The molecule has 3 fully saturated rings. The molecule has 1 aliphatic carbocycles. The van der Waals surface area contributed by atoms with Gasteiger partial charge in [0, 0.05) is 43.6 Å². The predicted molar refractivity (Wildman–Crippen MR) is 118 cm³/mol. The van der Waals surface area contributed by atoms with Crippen LogP contribution in [-0.2, 0) is 9.59 Å². The summed E-state index contributed by atoms with van der Waals surface area (Å²) in [4.78, 5) is 34.3. The average Bonchev–Trinajstić information content (AvgIpc) is 3.38. The Bertz CT molecular complexity index is 972. The van der Waals surface area contributed by atoms with Crippen LogP contribution in [0.25, 0.3) is 0 Å². The first-order valence-corrected chi connectivity index (χ1v) is 11.6. The minimum atomic E-state index is -0.251. The summed E-state index contributed by atoms with van der Waals surface area (Å²) < 4.78 is 0. The average molecular weight is 422 g/mol. The molecule has 31 heavy (non-hydrogen) atoms. The zero-order valence-electron chi connectivity index (χ0n) is 18.4. The van der Waals surface area contributed by atoms with E-state index in [0.717, 1.165) is 43.3 Å². The molecule has 5 rings (SSSR count). The molecule has 7 nitrogen and oxygen atoms in total. The molecule has 2 aliphatic heterocycles. The number of hydrogen-bond acceptors (Lipinski definition) is 4. The van der Waals surface area contributed by atoms with Crippen LogP contribution >= 0.6 is 0 Å². The van der Waals surface area contributed by atoms with Gasteiger partial charge in [0.15, 0.2) is 5.82 Å². The van der Waals surface area contributed by atoms with Crippen molar-refractivity contribution < 1.29 is 9.59 Å². The molecule has 1 aromatic carbocycles. The van der Waals surface area contributed by atoms with E-state index in [1.807, 2.05) is 17.0 Å². The number of aromatic nitrogens is 3. The van der Waals surface area contributed by atoms with E-state index in [0.29, 0.717) is 30.7 Å². The molecule has 1 saturated carbocycles. The maximum atomic E-state index is 13.2. The van der Waals surface area contributed by atoms with Crippen LogP contribution in [0.15, 0.2) is 24.3 Å². The largest absolute Gasteiger partial charge is 0.342 e. The number of nitrogens with one attached hydrogen (secondary N) is 1. The lowest BCUT2D eigenvalue weighted by molar-refractivity contribution is -0.136. The van der Waals surface area contributed by atoms with Gasteiger partial charge in [0.05, 0.1) is 5.92 Å². The number of carbonyl (C=O) groups excluding carboxylic acids is 2. The molecule has 1 N–H and O–H groups in total. The van der Waals surface area contributed by atoms with Gasteiger partial charge in [-0.3, -0.25) is 14.7 Å². The van der Waals surface area contributed by atoms with Crippen LogP contribution in [0, 0.1) is 5.92 Å². The maximum absolute atomic E-state index is 13.2. The molecule has 164 valence electrons. The number of amides is 2. The van der Waals surface area contributed by atoms with Crippen molar-refractivity contribution in [1.29, 1.82) is 0 Å². The summed E-state index contributed by atoms with van der Waals surface area (Å²) in [5.74, 6) is 3.13. The molecule has 2 amide bonds. The summed E-state index contributed by atoms with van der Waals surface area (Å²) in [6.45, 7) is 6.21. The first-order valence-electron chi connectivity index (χ1n) is 11.6. The summed E-state index contributed by atoms with van der Waals surface area (Å²) in [5.41, 5.74) is 2.11. The van der Waals surface area contributed by atoms with Gasteiger partial charge < -0.3 is 9.80 Å². The maximum Gasteiger partial charge on any atom is 0.228 e. The molecule has 2 saturated heterocycles. The standard InChI is InChI=1S/C24H31N5O2/c1-15(2)18-4-3-5-20(12-18)29-14-19(13-21(29)30)24(31)28-10-8-17(9-11-28)23-25-22(26-27-23)16-6-7-16/h3-5,12,15-17,19H,6-11,13-14H2,1-2H3,(H,25,26,27).